The summed E-state index contributed by atoms with van der Waals surface area (Å²) < 4.78 is 11.0. The van der Waals surface area contributed by atoms with E-state index in [0.717, 1.165) is 37.5 Å². The molecule has 166 valence electrons. The minimum absolute atomic E-state index is 0.0831. The van der Waals surface area contributed by atoms with Crippen molar-refractivity contribution in [2.24, 2.45) is 0 Å². The lowest BCUT2D eigenvalue weighted by Crippen LogP contribution is -2.49. The maximum absolute atomic E-state index is 12.6. The molecule has 1 fully saturated rings. The van der Waals surface area contributed by atoms with Gasteiger partial charge in [-0.25, -0.2) is 4.79 Å². The quantitative estimate of drug-likeness (QED) is 0.432. The van der Waals surface area contributed by atoms with Crippen LogP contribution in [0.5, 0.6) is 5.75 Å². The molecule has 3 rings (SSSR count). The van der Waals surface area contributed by atoms with Gasteiger partial charge in [-0.1, -0.05) is 49.2 Å². The van der Waals surface area contributed by atoms with E-state index in [1.807, 2.05) is 31.2 Å². The highest BCUT2D eigenvalue weighted by molar-refractivity contribution is 6.30. The van der Waals surface area contributed by atoms with Crippen LogP contribution in [0.1, 0.15) is 35.7 Å². The van der Waals surface area contributed by atoms with E-state index in [2.05, 4.69) is 4.90 Å². The van der Waals surface area contributed by atoms with Gasteiger partial charge in [0.25, 0.3) is 5.91 Å². The first-order valence-corrected chi connectivity index (χ1v) is 11.1. The van der Waals surface area contributed by atoms with E-state index in [9.17, 15) is 9.59 Å². The maximum atomic E-state index is 12.6. The molecular formula is C24H29ClN2O4. The van der Waals surface area contributed by atoms with Crippen molar-refractivity contribution in [3.8, 4) is 5.75 Å². The predicted molar refractivity (Wildman–Crippen MR) is 120 cm³/mol. The van der Waals surface area contributed by atoms with Gasteiger partial charge >= 0.3 is 5.97 Å². The molecule has 7 heteroatoms. The number of esters is 1. The lowest BCUT2D eigenvalue weighted by molar-refractivity contribution is -0.135. The van der Waals surface area contributed by atoms with Crippen LogP contribution in [0.2, 0.25) is 5.02 Å². The third-order valence-electron chi connectivity index (χ3n) is 5.23. The molecule has 0 unspecified atom stereocenters. The van der Waals surface area contributed by atoms with Crippen molar-refractivity contribution in [2.75, 3.05) is 39.4 Å². The molecule has 0 aliphatic carbocycles. The molecule has 2 aromatic carbocycles. The molecule has 31 heavy (non-hydrogen) atoms. The molecule has 0 radical (unpaired) electrons. The summed E-state index contributed by atoms with van der Waals surface area (Å²) in [5.74, 6) is -0.133. The Kier molecular flexibility index (Phi) is 8.74. The Morgan fingerprint density at radius 1 is 1.00 bits per heavy atom. The first-order chi connectivity index (χ1) is 15.1. The summed E-state index contributed by atoms with van der Waals surface area (Å²) in [4.78, 5) is 29.0. The van der Waals surface area contributed by atoms with Crippen LogP contribution >= 0.6 is 11.6 Å². The standard InChI is InChI=1S/C24H29ClN2O4/c1-2-3-16-30-24(29)21-6-4-5-7-22(21)31-18-23(28)27-14-12-26(13-15-27)17-19-8-10-20(25)11-9-19/h4-11H,2-3,12-18H2,1H3. The molecule has 1 saturated heterocycles. The first-order valence-electron chi connectivity index (χ1n) is 10.7. The van der Waals surface area contributed by atoms with Gasteiger partial charge in [0.2, 0.25) is 0 Å². The second-order valence-corrected chi connectivity index (χ2v) is 7.99. The van der Waals surface area contributed by atoms with Crippen LogP contribution < -0.4 is 4.74 Å². The third-order valence-corrected chi connectivity index (χ3v) is 5.49. The number of halogens is 1. The van der Waals surface area contributed by atoms with Crippen molar-refractivity contribution in [3.63, 3.8) is 0 Å². The minimum Gasteiger partial charge on any atom is -0.483 e. The number of hydrogen-bond donors (Lipinski definition) is 0. The van der Waals surface area contributed by atoms with Crippen LogP contribution in [0, 0.1) is 0 Å². The SMILES string of the molecule is CCCCOC(=O)c1ccccc1OCC(=O)N1CCN(Cc2ccc(Cl)cc2)CC1. The molecule has 0 aromatic heterocycles. The van der Waals surface area contributed by atoms with Gasteiger partial charge < -0.3 is 14.4 Å². The molecule has 0 saturated carbocycles. The smallest absolute Gasteiger partial charge is 0.341 e. The van der Waals surface area contributed by atoms with Crippen LogP contribution in [0.3, 0.4) is 0 Å². The Morgan fingerprint density at radius 3 is 2.42 bits per heavy atom. The zero-order valence-electron chi connectivity index (χ0n) is 17.9. The minimum atomic E-state index is -0.424. The number of ether oxygens (including phenoxy) is 2. The summed E-state index contributed by atoms with van der Waals surface area (Å²) in [5.41, 5.74) is 1.55. The molecule has 1 amide bonds. The zero-order chi connectivity index (χ0) is 22.1. The molecule has 1 aliphatic heterocycles. The molecular weight excluding hydrogens is 416 g/mol. The van der Waals surface area contributed by atoms with E-state index in [1.54, 1.807) is 29.2 Å². The number of para-hydroxylation sites is 1. The maximum Gasteiger partial charge on any atom is 0.341 e. The van der Waals surface area contributed by atoms with Crippen molar-refractivity contribution in [3.05, 3.63) is 64.7 Å². The summed E-state index contributed by atoms with van der Waals surface area (Å²) >= 11 is 5.94. The molecule has 0 spiro atoms. The Morgan fingerprint density at radius 2 is 1.71 bits per heavy atom. The zero-order valence-corrected chi connectivity index (χ0v) is 18.6. The number of benzene rings is 2. The molecule has 6 nitrogen and oxygen atoms in total. The predicted octanol–water partition coefficient (Wildman–Crippen LogP) is 4.02. The fourth-order valence-electron chi connectivity index (χ4n) is 3.38. The van der Waals surface area contributed by atoms with E-state index in [1.165, 1.54) is 5.56 Å². The van der Waals surface area contributed by atoms with Gasteiger partial charge in [-0.15, -0.1) is 0 Å². The summed E-state index contributed by atoms with van der Waals surface area (Å²) in [6.45, 7) is 6.05. The van der Waals surface area contributed by atoms with Crippen LogP contribution in [0.15, 0.2) is 48.5 Å². The Bertz CT molecular complexity index is 864. The molecule has 0 N–H and O–H groups in total. The van der Waals surface area contributed by atoms with Crippen molar-refractivity contribution < 1.29 is 19.1 Å². The van der Waals surface area contributed by atoms with E-state index in [-0.39, 0.29) is 12.5 Å². The second kappa shape index (κ2) is 11.7. The molecule has 2 aromatic rings. The van der Waals surface area contributed by atoms with Crippen molar-refractivity contribution in [1.82, 2.24) is 9.80 Å². The molecule has 1 heterocycles. The van der Waals surface area contributed by atoms with Gasteiger partial charge in [-0.2, -0.15) is 0 Å². The van der Waals surface area contributed by atoms with Crippen molar-refractivity contribution in [1.29, 1.82) is 0 Å². The van der Waals surface area contributed by atoms with Crippen LogP contribution in [-0.4, -0.2) is 61.1 Å². The van der Waals surface area contributed by atoms with Crippen molar-refractivity contribution in [2.45, 2.75) is 26.3 Å². The number of hydrogen-bond acceptors (Lipinski definition) is 5. The highest BCUT2D eigenvalue weighted by Crippen LogP contribution is 2.19. The van der Waals surface area contributed by atoms with Gasteiger partial charge in [0, 0.05) is 37.7 Å². The molecule has 0 atom stereocenters. The van der Waals surface area contributed by atoms with Gasteiger partial charge in [-0.3, -0.25) is 9.69 Å². The Labute approximate surface area is 188 Å². The summed E-state index contributed by atoms with van der Waals surface area (Å²) in [5, 5.41) is 0.731. The summed E-state index contributed by atoms with van der Waals surface area (Å²) in [6.07, 6.45) is 1.77. The Balaban J connectivity index is 1.46. The van der Waals surface area contributed by atoms with E-state index in [0.29, 0.717) is 31.0 Å². The van der Waals surface area contributed by atoms with Gasteiger partial charge in [0.05, 0.1) is 6.61 Å². The number of unbranched alkanes of at least 4 members (excludes halogenated alkanes) is 1. The first kappa shape index (κ1) is 23.1. The monoisotopic (exact) mass is 444 g/mol. The van der Waals surface area contributed by atoms with Crippen molar-refractivity contribution >= 4 is 23.5 Å². The van der Waals surface area contributed by atoms with Gasteiger partial charge in [0.1, 0.15) is 11.3 Å². The highest BCUT2D eigenvalue weighted by Gasteiger charge is 2.22. The third kappa shape index (κ3) is 6.97. The molecule has 0 bridgehead atoms. The number of amides is 1. The average molecular weight is 445 g/mol. The van der Waals surface area contributed by atoms with Crippen LogP contribution in [0.4, 0.5) is 0 Å². The van der Waals surface area contributed by atoms with E-state index < -0.39 is 5.97 Å². The number of carbonyl (C=O) groups is 2. The number of carbonyl (C=O) groups excluding carboxylic acids is 2. The summed E-state index contributed by atoms with van der Waals surface area (Å²) in [7, 11) is 0. The van der Waals surface area contributed by atoms with Gasteiger partial charge in [0.15, 0.2) is 6.61 Å². The van der Waals surface area contributed by atoms with Crippen LogP contribution in [-0.2, 0) is 16.1 Å². The number of rotatable bonds is 9. The topological polar surface area (TPSA) is 59.1 Å². The number of nitrogens with zero attached hydrogens (tertiary/aromatic N) is 2. The molecule has 1 aliphatic rings. The average Bonchev–Trinajstić information content (AvgIpc) is 2.80. The number of piperazine rings is 1. The van der Waals surface area contributed by atoms with Crippen LogP contribution in [0.25, 0.3) is 0 Å². The van der Waals surface area contributed by atoms with E-state index >= 15 is 0 Å². The lowest BCUT2D eigenvalue weighted by atomic mass is 10.2. The lowest BCUT2D eigenvalue weighted by Gasteiger charge is -2.34. The normalized spacial score (nSPS) is 14.3. The highest BCUT2D eigenvalue weighted by atomic mass is 35.5. The van der Waals surface area contributed by atoms with E-state index in [4.69, 9.17) is 21.1 Å². The fourth-order valence-corrected chi connectivity index (χ4v) is 3.51. The van der Waals surface area contributed by atoms with Gasteiger partial charge in [-0.05, 0) is 36.2 Å². The fraction of sp³-hybridized carbons (Fsp3) is 0.417. The largest absolute Gasteiger partial charge is 0.483 e. The Hall–Kier alpha value is -2.57. The summed E-state index contributed by atoms with van der Waals surface area (Å²) in [6, 6.07) is 14.7. The second-order valence-electron chi connectivity index (χ2n) is 7.56.